The highest BCUT2D eigenvalue weighted by Crippen LogP contribution is 2.13. The zero-order valence-electron chi connectivity index (χ0n) is 11.1. The molecule has 0 unspecified atom stereocenters. The molecular weight excluding hydrogens is 275 g/mol. The quantitative estimate of drug-likeness (QED) is 0.753. The predicted octanol–water partition coefficient (Wildman–Crippen LogP) is 1.72. The lowest BCUT2D eigenvalue weighted by molar-refractivity contribution is 0.102. The number of anilines is 1. The second-order valence-electron chi connectivity index (χ2n) is 4.55. The maximum atomic E-state index is 13.1. The van der Waals surface area contributed by atoms with Crippen LogP contribution in [0.25, 0.3) is 5.65 Å². The molecule has 3 rings (SSSR count). The molecule has 0 aliphatic heterocycles. The van der Waals surface area contributed by atoms with Gasteiger partial charge in [-0.15, -0.1) is 0 Å². The number of fused-ring (bicyclic) bond motifs is 1. The standard InChI is InChI=1S/C14H11FN4O2/c1-8-5-12(20)19-13(17-8)11(7-16-19)14(21)18-10-4-2-3-9(15)6-10/h2-7,16H,1H3,(H,18,21). The van der Waals surface area contributed by atoms with Gasteiger partial charge in [-0.05, 0) is 25.1 Å². The van der Waals surface area contributed by atoms with E-state index in [1.54, 1.807) is 13.0 Å². The topological polar surface area (TPSA) is 79.3 Å². The number of aromatic amines is 1. The Kier molecular flexibility index (Phi) is 3.02. The third kappa shape index (κ3) is 2.40. The third-order valence-corrected chi connectivity index (χ3v) is 2.95. The number of carbonyl (C=O) groups is 1. The monoisotopic (exact) mass is 286 g/mol. The molecule has 0 bridgehead atoms. The highest BCUT2D eigenvalue weighted by Gasteiger charge is 2.15. The van der Waals surface area contributed by atoms with Crippen molar-refractivity contribution in [1.82, 2.24) is 14.6 Å². The van der Waals surface area contributed by atoms with Crippen LogP contribution < -0.4 is 10.9 Å². The Morgan fingerprint density at radius 3 is 2.95 bits per heavy atom. The smallest absolute Gasteiger partial charge is 0.272 e. The Morgan fingerprint density at radius 2 is 2.19 bits per heavy atom. The second kappa shape index (κ2) is 4.86. The van der Waals surface area contributed by atoms with Crippen molar-refractivity contribution in [3.63, 3.8) is 0 Å². The van der Waals surface area contributed by atoms with Gasteiger partial charge >= 0.3 is 0 Å². The second-order valence-corrected chi connectivity index (χ2v) is 4.55. The lowest BCUT2D eigenvalue weighted by Gasteiger charge is -2.04. The molecule has 1 aromatic carbocycles. The van der Waals surface area contributed by atoms with Gasteiger partial charge in [0.25, 0.3) is 11.5 Å². The number of H-pyrrole nitrogens is 1. The minimum absolute atomic E-state index is 0.208. The molecule has 0 saturated heterocycles. The molecule has 3 aromatic rings. The van der Waals surface area contributed by atoms with E-state index in [1.165, 1.54) is 35.0 Å². The van der Waals surface area contributed by atoms with E-state index in [9.17, 15) is 14.0 Å². The minimum atomic E-state index is -0.475. The summed E-state index contributed by atoms with van der Waals surface area (Å²) >= 11 is 0. The van der Waals surface area contributed by atoms with Gasteiger partial charge in [0, 0.05) is 23.6 Å². The molecule has 0 fully saturated rings. The van der Waals surface area contributed by atoms with Crippen LogP contribution in [0.5, 0.6) is 0 Å². The Bertz CT molecular complexity index is 897. The van der Waals surface area contributed by atoms with Gasteiger partial charge in [-0.2, -0.15) is 0 Å². The molecule has 2 aromatic heterocycles. The van der Waals surface area contributed by atoms with Crippen molar-refractivity contribution in [3.05, 3.63) is 64.0 Å². The van der Waals surface area contributed by atoms with Gasteiger partial charge in [0.1, 0.15) is 11.4 Å². The normalized spacial score (nSPS) is 10.8. The summed E-state index contributed by atoms with van der Waals surface area (Å²) in [4.78, 5) is 28.1. The molecule has 2 heterocycles. The van der Waals surface area contributed by atoms with Crippen LogP contribution in [-0.4, -0.2) is 20.5 Å². The Hall–Kier alpha value is -2.96. The Balaban J connectivity index is 2.00. The van der Waals surface area contributed by atoms with Crippen LogP contribution in [0.15, 0.2) is 41.3 Å². The molecule has 0 aliphatic rings. The summed E-state index contributed by atoms with van der Waals surface area (Å²) < 4.78 is 14.3. The van der Waals surface area contributed by atoms with Gasteiger partial charge in [0.15, 0.2) is 5.65 Å². The summed E-state index contributed by atoms with van der Waals surface area (Å²) in [7, 11) is 0. The van der Waals surface area contributed by atoms with Gasteiger partial charge in [-0.1, -0.05) is 6.07 Å². The van der Waals surface area contributed by atoms with E-state index in [4.69, 9.17) is 0 Å². The molecule has 1 amide bonds. The summed E-state index contributed by atoms with van der Waals surface area (Å²) in [6.07, 6.45) is 1.39. The van der Waals surface area contributed by atoms with Crippen LogP contribution in [0, 0.1) is 12.7 Å². The highest BCUT2D eigenvalue weighted by atomic mass is 19.1. The predicted molar refractivity (Wildman–Crippen MR) is 74.9 cm³/mol. The Labute approximate surface area is 118 Å². The van der Waals surface area contributed by atoms with Crippen LogP contribution in [0.3, 0.4) is 0 Å². The fourth-order valence-corrected chi connectivity index (χ4v) is 2.03. The number of nitrogens with zero attached hydrogens (tertiary/aromatic N) is 2. The first-order chi connectivity index (χ1) is 10.0. The molecule has 7 heteroatoms. The van der Waals surface area contributed by atoms with E-state index in [1.807, 2.05) is 0 Å². The number of aromatic nitrogens is 3. The summed E-state index contributed by atoms with van der Waals surface area (Å²) in [6.45, 7) is 1.67. The molecule has 106 valence electrons. The van der Waals surface area contributed by atoms with Gasteiger partial charge in [-0.25, -0.2) is 13.9 Å². The number of halogens is 1. The van der Waals surface area contributed by atoms with E-state index >= 15 is 0 Å². The molecule has 6 nitrogen and oxygen atoms in total. The summed E-state index contributed by atoms with van der Waals surface area (Å²) in [6, 6.07) is 6.91. The molecule has 0 saturated carbocycles. The average Bonchev–Trinajstić information content (AvgIpc) is 2.82. The van der Waals surface area contributed by atoms with Crippen molar-refractivity contribution < 1.29 is 9.18 Å². The maximum Gasteiger partial charge on any atom is 0.272 e. The van der Waals surface area contributed by atoms with E-state index in [0.29, 0.717) is 11.4 Å². The van der Waals surface area contributed by atoms with Crippen molar-refractivity contribution in [2.45, 2.75) is 6.92 Å². The fraction of sp³-hybridized carbons (Fsp3) is 0.0714. The van der Waals surface area contributed by atoms with Crippen molar-refractivity contribution in [3.8, 4) is 0 Å². The fourth-order valence-electron chi connectivity index (χ4n) is 2.03. The number of hydrogen-bond acceptors (Lipinski definition) is 3. The van der Waals surface area contributed by atoms with Gasteiger partial charge in [0.05, 0.1) is 0 Å². The lowest BCUT2D eigenvalue weighted by Crippen LogP contribution is -2.17. The first-order valence-corrected chi connectivity index (χ1v) is 6.19. The molecular formula is C14H11FN4O2. The average molecular weight is 286 g/mol. The van der Waals surface area contributed by atoms with Crippen LogP contribution in [0.2, 0.25) is 0 Å². The van der Waals surface area contributed by atoms with Crippen molar-refractivity contribution >= 4 is 17.2 Å². The van der Waals surface area contributed by atoms with E-state index in [-0.39, 0.29) is 16.8 Å². The van der Waals surface area contributed by atoms with Crippen LogP contribution in [0.4, 0.5) is 10.1 Å². The van der Waals surface area contributed by atoms with E-state index in [0.717, 1.165) is 0 Å². The zero-order valence-corrected chi connectivity index (χ0v) is 11.1. The van der Waals surface area contributed by atoms with Gasteiger partial charge < -0.3 is 5.32 Å². The van der Waals surface area contributed by atoms with Crippen molar-refractivity contribution in [2.24, 2.45) is 0 Å². The lowest BCUT2D eigenvalue weighted by atomic mass is 10.2. The SMILES string of the molecule is Cc1cc(=O)n2[nH]cc(C(=O)Nc3cccc(F)c3)c2n1. The number of rotatable bonds is 2. The summed E-state index contributed by atoms with van der Waals surface area (Å²) in [5.74, 6) is -0.922. The zero-order chi connectivity index (χ0) is 15.0. The molecule has 0 spiro atoms. The molecule has 0 radical (unpaired) electrons. The van der Waals surface area contributed by atoms with Gasteiger partial charge in [0.2, 0.25) is 0 Å². The molecule has 2 N–H and O–H groups in total. The molecule has 21 heavy (non-hydrogen) atoms. The van der Waals surface area contributed by atoms with E-state index < -0.39 is 11.7 Å². The summed E-state index contributed by atoms with van der Waals surface area (Å²) in [5.41, 5.74) is 0.977. The number of hydrogen-bond donors (Lipinski definition) is 2. The highest BCUT2D eigenvalue weighted by molar-refractivity contribution is 6.08. The number of aryl methyl sites for hydroxylation is 1. The first kappa shape index (κ1) is 13.0. The molecule has 0 atom stereocenters. The number of carbonyl (C=O) groups excluding carboxylic acids is 1. The first-order valence-electron chi connectivity index (χ1n) is 6.19. The van der Waals surface area contributed by atoms with Gasteiger partial charge in [-0.3, -0.25) is 14.7 Å². The number of benzene rings is 1. The third-order valence-electron chi connectivity index (χ3n) is 2.95. The van der Waals surface area contributed by atoms with Crippen LogP contribution in [0.1, 0.15) is 16.1 Å². The van der Waals surface area contributed by atoms with E-state index in [2.05, 4.69) is 15.4 Å². The largest absolute Gasteiger partial charge is 0.322 e. The van der Waals surface area contributed by atoms with Crippen LogP contribution >= 0.6 is 0 Å². The van der Waals surface area contributed by atoms with Crippen molar-refractivity contribution in [1.29, 1.82) is 0 Å². The van der Waals surface area contributed by atoms with Crippen LogP contribution in [-0.2, 0) is 0 Å². The number of nitrogens with one attached hydrogen (secondary N) is 2. The Morgan fingerprint density at radius 1 is 1.38 bits per heavy atom. The van der Waals surface area contributed by atoms with Crippen molar-refractivity contribution in [2.75, 3.05) is 5.32 Å². The number of amides is 1. The minimum Gasteiger partial charge on any atom is -0.322 e. The maximum absolute atomic E-state index is 13.1. The molecule has 0 aliphatic carbocycles. The summed E-state index contributed by atoms with van der Waals surface area (Å²) in [5, 5.41) is 5.23.